The van der Waals surface area contributed by atoms with Crippen molar-refractivity contribution in [3.63, 3.8) is 0 Å². The van der Waals surface area contributed by atoms with Gasteiger partial charge in [-0.1, -0.05) is 17.7 Å². The van der Waals surface area contributed by atoms with Gasteiger partial charge in [0.05, 0.1) is 29.0 Å². The van der Waals surface area contributed by atoms with Crippen molar-refractivity contribution in [1.82, 2.24) is 19.9 Å². The molecule has 5 heterocycles. The van der Waals surface area contributed by atoms with Gasteiger partial charge in [0.1, 0.15) is 29.4 Å². The molecule has 1 N–H and O–H groups in total. The number of benzene rings is 1. The smallest absolute Gasteiger partial charge is 0.297 e. The summed E-state index contributed by atoms with van der Waals surface area (Å²) >= 11 is 0. The predicted octanol–water partition coefficient (Wildman–Crippen LogP) is 3.28. The SMILES string of the molecule is Cc1ccc(S(=O)(=O)OC2CN(c3ccc(C(=O)Nc4cnc(N5CCN(c6ccc(F)cn6)C[C@@H]5C)cn4)cn3)C2)cc1. The quantitative estimate of drug-likeness (QED) is 0.292. The first-order valence-electron chi connectivity index (χ1n) is 14.1. The number of hydrogen-bond donors (Lipinski definition) is 1. The Kier molecular flexibility index (Phi) is 8.10. The topological polar surface area (TPSA) is 134 Å². The van der Waals surface area contributed by atoms with Crippen molar-refractivity contribution < 1.29 is 21.8 Å². The first-order chi connectivity index (χ1) is 21.1. The van der Waals surface area contributed by atoms with Crippen LogP contribution >= 0.6 is 0 Å². The van der Waals surface area contributed by atoms with Gasteiger partial charge in [-0.15, -0.1) is 0 Å². The highest BCUT2D eigenvalue weighted by Crippen LogP contribution is 2.25. The number of rotatable bonds is 8. The zero-order valence-corrected chi connectivity index (χ0v) is 25.0. The number of aryl methyl sites for hydroxylation is 1. The Morgan fingerprint density at radius 3 is 2.18 bits per heavy atom. The zero-order chi connectivity index (χ0) is 30.8. The minimum absolute atomic E-state index is 0.112. The highest BCUT2D eigenvalue weighted by Gasteiger charge is 2.33. The molecule has 1 aromatic carbocycles. The van der Waals surface area contributed by atoms with Crippen LogP contribution in [0.5, 0.6) is 0 Å². The van der Waals surface area contributed by atoms with E-state index >= 15 is 0 Å². The van der Waals surface area contributed by atoms with Crippen LogP contribution in [0.2, 0.25) is 0 Å². The average Bonchev–Trinajstić information content (AvgIpc) is 3.00. The van der Waals surface area contributed by atoms with Gasteiger partial charge in [0.25, 0.3) is 16.0 Å². The van der Waals surface area contributed by atoms with E-state index in [-0.39, 0.29) is 22.7 Å². The molecule has 0 aliphatic carbocycles. The normalized spacial score (nSPS) is 17.3. The molecular formula is C30H31FN8O4S. The molecule has 44 heavy (non-hydrogen) atoms. The van der Waals surface area contributed by atoms with E-state index in [0.717, 1.165) is 11.4 Å². The maximum absolute atomic E-state index is 13.2. The molecule has 0 spiro atoms. The number of carbonyl (C=O) groups excluding carboxylic acids is 1. The van der Waals surface area contributed by atoms with Crippen LogP contribution in [0.1, 0.15) is 22.8 Å². The van der Waals surface area contributed by atoms with Crippen LogP contribution in [-0.2, 0) is 14.3 Å². The maximum Gasteiger partial charge on any atom is 0.297 e. The molecule has 2 aliphatic rings. The molecule has 12 nitrogen and oxygen atoms in total. The number of carbonyl (C=O) groups is 1. The van der Waals surface area contributed by atoms with Crippen molar-refractivity contribution in [3.8, 4) is 0 Å². The van der Waals surface area contributed by atoms with Gasteiger partial charge in [0, 0.05) is 45.0 Å². The van der Waals surface area contributed by atoms with E-state index in [9.17, 15) is 17.6 Å². The van der Waals surface area contributed by atoms with E-state index < -0.39 is 16.2 Å². The maximum atomic E-state index is 13.2. The third-order valence-electron chi connectivity index (χ3n) is 7.59. The van der Waals surface area contributed by atoms with Crippen LogP contribution in [0.3, 0.4) is 0 Å². The first-order valence-corrected chi connectivity index (χ1v) is 15.5. The molecule has 0 radical (unpaired) electrons. The number of pyridine rings is 2. The summed E-state index contributed by atoms with van der Waals surface area (Å²) in [5, 5.41) is 2.74. The lowest BCUT2D eigenvalue weighted by Gasteiger charge is -2.40. The summed E-state index contributed by atoms with van der Waals surface area (Å²) in [4.78, 5) is 36.5. The second kappa shape index (κ2) is 12.1. The molecule has 4 aromatic rings. The highest BCUT2D eigenvalue weighted by atomic mass is 32.2. The number of hydrogen-bond acceptors (Lipinski definition) is 11. The molecule has 2 fully saturated rings. The summed E-state index contributed by atoms with van der Waals surface area (Å²) in [7, 11) is -3.84. The monoisotopic (exact) mass is 618 g/mol. The van der Waals surface area contributed by atoms with Gasteiger partial charge in [0.15, 0.2) is 5.82 Å². The fourth-order valence-corrected chi connectivity index (χ4v) is 6.18. The molecule has 0 bridgehead atoms. The molecule has 14 heteroatoms. The van der Waals surface area contributed by atoms with Crippen molar-refractivity contribution in [2.45, 2.75) is 30.9 Å². The third-order valence-corrected chi connectivity index (χ3v) is 8.97. The van der Waals surface area contributed by atoms with Gasteiger partial charge < -0.3 is 20.0 Å². The van der Waals surface area contributed by atoms with E-state index in [1.54, 1.807) is 36.5 Å². The lowest BCUT2D eigenvalue weighted by atomic mass is 10.1. The molecule has 228 valence electrons. The minimum atomic E-state index is -3.84. The van der Waals surface area contributed by atoms with Crippen molar-refractivity contribution in [2.24, 2.45) is 0 Å². The summed E-state index contributed by atoms with van der Waals surface area (Å²) in [6.07, 6.45) is 5.34. The molecule has 1 amide bonds. The van der Waals surface area contributed by atoms with Gasteiger partial charge in [0.2, 0.25) is 0 Å². The van der Waals surface area contributed by atoms with Crippen molar-refractivity contribution in [3.05, 3.63) is 90.3 Å². The molecule has 0 saturated carbocycles. The van der Waals surface area contributed by atoms with Crippen LogP contribution in [0, 0.1) is 12.7 Å². The van der Waals surface area contributed by atoms with E-state index in [0.29, 0.717) is 55.7 Å². The Balaban J connectivity index is 0.989. The highest BCUT2D eigenvalue weighted by molar-refractivity contribution is 7.86. The zero-order valence-electron chi connectivity index (χ0n) is 24.2. The Morgan fingerprint density at radius 2 is 1.55 bits per heavy atom. The number of amides is 1. The fourth-order valence-electron chi connectivity index (χ4n) is 5.12. The second-order valence-corrected chi connectivity index (χ2v) is 12.4. The number of nitrogens with zero attached hydrogens (tertiary/aromatic N) is 7. The summed E-state index contributed by atoms with van der Waals surface area (Å²) < 4.78 is 43.6. The molecule has 2 aliphatic heterocycles. The summed E-state index contributed by atoms with van der Waals surface area (Å²) in [6.45, 7) is 6.76. The standard InChI is InChI=1S/C30H31FN8O4S/c1-20-3-7-25(8-4-20)44(41,42)43-24-18-38(19-24)28-9-5-22(13-33-28)30(40)36-26-15-35-29(16-32-26)39-12-11-37(17-21(39)2)27-10-6-23(31)14-34-27/h3-10,13-16,21,24H,11-12,17-19H2,1-2H3,(H,32,36,40)/t21-/m0/s1. The third kappa shape index (κ3) is 6.45. The largest absolute Gasteiger partial charge is 0.353 e. The van der Waals surface area contributed by atoms with Gasteiger partial charge in [-0.2, -0.15) is 8.42 Å². The van der Waals surface area contributed by atoms with Crippen LogP contribution in [-0.4, -0.2) is 79.1 Å². The number of halogens is 1. The fraction of sp³-hybridized carbons (Fsp3) is 0.300. The van der Waals surface area contributed by atoms with Gasteiger partial charge in [-0.05, 0) is 50.2 Å². The van der Waals surface area contributed by atoms with Crippen LogP contribution < -0.4 is 20.0 Å². The Bertz CT molecular complexity index is 1720. The van der Waals surface area contributed by atoms with E-state index in [1.807, 2.05) is 11.8 Å². The van der Waals surface area contributed by atoms with Crippen molar-refractivity contribution >= 4 is 39.3 Å². The lowest BCUT2D eigenvalue weighted by Crippen LogP contribution is -2.53. The number of piperazine rings is 1. The Hall–Kier alpha value is -4.69. The molecule has 1 atom stereocenters. The van der Waals surface area contributed by atoms with E-state index in [4.69, 9.17) is 4.18 Å². The Labute approximate surface area is 254 Å². The summed E-state index contributed by atoms with van der Waals surface area (Å²) in [6, 6.07) is 13.1. The van der Waals surface area contributed by atoms with Crippen LogP contribution in [0.4, 0.5) is 27.7 Å². The molecule has 0 unspecified atom stereocenters. The van der Waals surface area contributed by atoms with Crippen molar-refractivity contribution in [1.29, 1.82) is 0 Å². The number of nitrogens with one attached hydrogen (secondary N) is 1. The van der Waals surface area contributed by atoms with Crippen molar-refractivity contribution in [2.75, 3.05) is 52.7 Å². The van der Waals surface area contributed by atoms with E-state index in [2.05, 4.69) is 42.0 Å². The molecule has 3 aromatic heterocycles. The van der Waals surface area contributed by atoms with Gasteiger partial charge in [-0.25, -0.2) is 24.3 Å². The first kappa shape index (κ1) is 29.4. The Morgan fingerprint density at radius 1 is 0.841 bits per heavy atom. The van der Waals surface area contributed by atoms with Gasteiger partial charge >= 0.3 is 0 Å². The second-order valence-electron chi connectivity index (χ2n) is 10.8. The van der Waals surface area contributed by atoms with Crippen LogP contribution in [0.25, 0.3) is 0 Å². The summed E-state index contributed by atoms with van der Waals surface area (Å²) in [5.74, 6) is 1.60. The molecule has 6 rings (SSSR count). The van der Waals surface area contributed by atoms with Crippen LogP contribution in [0.15, 0.2) is 78.2 Å². The number of aromatic nitrogens is 4. The minimum Gasteiger partial charge on any atom is -0.353 e. The van der Waals surface area contributed by atoms with Gasteiger partial charge in [-0.3, -0.25) is 8.98 Å². The number of anilines is 4. The average molecular weight is 619 g/mol. The molecule has 2 saturated heterocycles. The van der Waals surface area contributed by atoms with E-state index in [1.165, 1.54) is 36.8 Å². The predicted molar refractivity (Wildman–Crippen MR) is 163 cm³/mol. The molecular weight excluding hydrogens is 587 g/mol. The summed E-state index contributed by atoms with van der Waals surface area (Å²) in [5.41, 5.74) is 1.31. The lowest BCUT2D eigenvalue weighted by molar-refractivity contribution is 0.102.